The minimum Gasteiger partial charge on any atom is -0.495 e. The number of benzene rings is 1. The van der Waals surface area contributed by atoms with Crippen molar-refractivity contribution < 1.29 is 9.84 Å². The highest BCUT2D eigenvalue weighted by Gasteiger charge is 2.19. The molecule has 1 aromatic carbocycles. The van der Waals surface area contributed by atoms with Crippen molar-refractivity contribution in [2.75, 3.05) is 13.7 Å². The van der Waals surface area contributed by atoms with Crippen molar-refractivity contribution in [3.63, 3.8) is 0 Å². The fraction of sp³-hybridized carbons (Fsp3) is 0.562. The Morgan fingerprint density at radius 1 is 1.35 bits per heavy atom. The third-order valence-electron chi connectivity index (χ3n) is 4.08. The summed E-state index contributed by atoms with van der Waals surface area (Å²) in [7, 11) is 1.58. The van der Waals surface area contributed by atoms with Gasteiger partial charge < -0.3 is 15.2 Å². The second-order valence-corrected chi connectivity index (χ2v) is 5.43. The van der Waals surface area contributed by atoms with E-state index in [-0.39, 0.29) is 0 Å². The van der Waals surface area contributed by atoms with Crippen LogP contribution in [0.25, 0.3) is 0 Å². The number of aliphatic hydroxyl groups excluding tert-OH is 1. The minimum absolute atomic E-state index is 0.316. The van der Waals surface area contributed by atoms with Gasteiger partial charge in [0.05, 0.1) is 12.7 Å². The van der Waals surface area contributed by atoms with Gasteiger partial charge in [0.15, 0.2) is 0 Å². The molecule has 0 spiro atoms. The molecular formula is C16H22N2O2. The molecule has 0 radical (unpaired) electrons. The Balaban J connectivity index is 1.87. The average Bonchev–Trinajstić information content (AvgIpc) is 2.53. The number of nitriles is 1. The first-order valence-corrected chi connectivity index (χ1v) is 7.18. The van der Waals surface area contributed by atoms with Crippen molar-refractivity contribution in [3.8, 4) is 11.8 Å². The third-order valence-corrected chi connectivity index (χ3v) is 4.08. The first-order valence-electron chi connectivity index (χ1n) is 7.18. The zero-order chi connectivity index (χ0) is 14.4. The number of methoxy groups -OCH3 is 1. The monoisotopic (exact) mass is 274 g/mol. The summed E-state index contributed by atoms with van der Waals surface area (Å²) in [6.07, 6.45) is 4.43. The summed E-state index contributed by atoms with van der Waals surface area (Å²) in [5, 5.41) is 21.7. The molecule has 1 fully saturated rings. The van der Waals surface area contributed by atoms with E-state index in [0.717, 1.165) is 37.8 Å². The predicted molar refractivity (Wildman–Crippen MR) is 77.4 cm³/mol. The molecule has 0 amide bonds. The highest BCUT2D eigenvalue weighted by atomic mass is 16.5. The predicted octanol–water partition coefficient (Wildman–Crippen LogP) is 2.21. The molecule has 0 atom stereocenters. The SMILES string of the molecule is COc1ccc(CNC2CCC(CO)CC2)cc1C#N. The van der Waals surface area contributed by atoms with Crippen molar-refractivity contribution >= 4 is 0 Å². The smallest absolute Gasteiger partial charge is 0.136 e. The van der Waals surface area contributed by atoms with Gasteiger partial charge in [-0.05, 0) is 49.3 Å². The second-order valence-electron chi connectivity index (χ2n) is 5.43. The zero-order valence-electron chi connectivity index (χ0n) is 11.9. The molecule has 20 heavy (non-hydrogen) atoms. The zero-order valence-corrected chi connectivity index (χ0v) is 11.9. The second kappa shape index (κ2) is 7.28. The highest BCUT2D eigenvalue weighted by molar-refractivity contribution is 5.45. The molecule has 0 aliphatic heterocycles. The van der Waals surface area contributed by atoms with E-state index in [4.69, 9.17) is 15.1 Å². The van der Waals surface area contributed by atoms with Gasteiger partial charge in [-0.2, -0.15) is 5.26 Å². The summed E-state index contributed by atoms with van der Waals surface area (Å²) in [6, 6.07) is 8.39. The van der Waals surface area contributed by atoms with E-state index < -0.39 is 0 Å². The van der Waals surface area contributed by atoms with Gasteiger partial charge in [0, 0.05) is 19.2 Å². The molecule has 4 heteroatoms. The molecule has 2 rings (SSSR count). The summed E-state index contributed by atoms with van der Waals surface area (Å²) in [4.78, 5) is 0. The van der Waals surface area contributed by atoms with E-state index in [1.165, 1.54) is 0 Å². The Morgan fingerprint density at radius 3 is 2.70 bits per heavy atom. The number of rotatable bonds is 5. The number of aliphatic hydroxyl groups is 1. The van der Waals surface area contributed by atoms with Crippen LogP contribution in [0.15, 0.2) is 18.2 Å². The minimum atomic E-state index is 0.316. The van der Waals surface area contributed by atoms with Crippen LogP contribution in [-0.4, -0.2) is 24.9 Å². The van der Waals surface area contributed by atoms with Crippen LogP contribution < -0.4 is 10.1 Å². The van der Waals surface area contributed by atoms with Gasteiger partial charge in [-0.25, -0.2) is 0 Å². The summed E-state index contributed by atoms with van der Waals surface area (Å²) in [6.45, 7) is 1.09. The van der Waals surface area contributed by atoms with Crippen molar-refractivity contribution in [2.45, 2.75) is 38.3 Å². The van der Waals surface area contributed by atoms with Gasteiger partial charge in [-0.15, -0.1) is 0 Å². The molecule has 1 aliphatic rings. The molecule has 0 saturated heterocycles. The Morgan fingerprint density at radius 2 is 2.10 bits per heavy atom. The average molecular weight is 274 g/mol. The lowest BCUT2D eigenvalue weighted by molar-refractivity contribution is 0.175. The van der Waals surface area contributed by atoms with Gasteiger partial charge in [0.2, 0.25) is 0 Å². The molecule has 0 bridgehead atoms. The number of hydrogen-bond acceptors (Lipinski definition) is 4. The van der Waals surface area contributed by atoms with Crippen LogP contribution in [0.2, 0.25) is 0 Å². The van der Waals surface area contributed by atoms with Crippen LogP contribution in [0, 0.1) is 17.2 Å². The topological polar surface area (TPSA) is 65.3 Å². The summed E-state index contributed by atoms with van der Waals surface area (Å²) < 4.78 is 5.14. The van der Waals surface area contributed by atoms with Gasteiger partial charge in [-0.3, -0.25) is 0 Å². The Hall–Kier alpha value is -1.57. The van der Waals surface area contributed by atoms with Gasteiger partial charge >= 0.3 is 0 Å². The lowest BCUT2D eigenvalue weighted by Gasteiger charge is -2.28. The molecule has 1 aromatic rings. The van der Waals surface area contributed by atoms with Gasteiger partial charge in [0.25, 0.3) is 0 Å². The Kier molecular flexibility index (Phi) is 5.40. The molecule has 108 valence electrons. The van der Waals surface area contributed by atoms with Crippen molar-refractivity contribution in [3.05, 3.63) is 29.3 Å². The molecule has 0 aromatic heterocycles. The first kappa shape index (κ1) is 14.8. The lowest BCUT2D eigenvalue weighted by atomic mass is 9.86. The van der Waals surface area contributed by atoms with Crippen LogP contribution in [0.4, 0.5) is 0 Å². The summed E-state index contributed by atoms with van der Waals surface area (Å²) in [5.41, 5.74) is 1.68. The summed E-state index contributed by atoms with van der Waals surface area (Å²) in [5.74, 6) is 1.11. The normalized spacial score (nSPS) is 22.2. The number of nitrogens with zero attached hydrogens (tertiary/aromatic N) is 1. The van der Waals surface area contributed by atoms with E-state index >= 15 is 0 Å². The van der Waals surface area contributed by atoms with E-state index in [1.54, 1.807) is 7.11 Å². The quantitative estimate of drug-likeness (QED) is 0.864. The Labute approximate surface area is 120 Å². The largest absolute Gasteiger partial charge is 0.495 e. The summed E-state index contributed by atoms with van der Waals surface area (Å²) >= 11 is 0. The van der Waals surface area contributed by atoms with E-state index in [0.29, 0.717) is 29.9 Å². The van der Waals surface area contributed by atoms with Crippen molar-refractivity contribution in [2.24, 2.45) is 5.92 Å². The fourth-order valence-corrected chi connectivity index (χ4v) is 2.76. The lowest BCUT2D eigenvalue weighted by Crippen LogP contribution is -2.33. The van der Waals surface area contributed by atoms with Crippen LogP contribution in [0.3, 0.4) is 0 Å². The molecule has 1 aliphatic carbocycles. The molecule has 1 saturated carbocycles. The Bertz CT molecular complexity index is 474. The van der Waals surface area contributed by atoms with Crippen LogP contribution in [0.5, 0.6) is 5.75 Å². The van der Waals surface area contributed by atoms with Crippen LogP contribution in [0.1, 0.15) is 36.8 Å². The fourth-order valence-electron chi connectivity index (χ4n) is 2.76. The van der Waals surface area contributed by atoms with Gasteiger partial charge in [0.1, 0.15) is 11.8 Å². The molecule has 0 unspecified atom stereocenters. The van der Waals surface area contributed by atoms with Crippen molar-refractivity contribution in [1.29, 1.82) is 5.26 Å². The van der Waals surface area contributed by atoms with Crippen LogP contribution in [-0.2, 0) is 6.54 Å². The maximum absolute atomic E-state index is 9.13. The van der Waals surface area contributed by atoms with Gasteiger partial charge in [-0.1, -0.05) is 6.07 Å². The number of nitrogens with one attached hydrogen (secondary N) is 1. The maximum atomic E-state index is 9.13. The van der Waals surface area contributed by atoms with Crippen LogP contribution >= 0.6 is 0 Å². The van der Waals surface area contributed by atoms with E-state index in [9.17, 15) is 0 Å². The highest BCUT2D eigenvalue weighted by Crippen LogP contribution is 2.24. The van der Waals surface area contributed by atoms with Crippen molar-refractivity contribution in [1.82, 2.24) is 5.32 Å². The molecule has 4 nitrogen and oxygen atoms in total. The van der Waals surface area contributed by atoms with E-state index in [1.807, 2.05) is 18.2 Å². The number of ether oxygens (including phenoxy) is 1. The standard InChI is InChI=1S/C16H22N2O2/c1-20-16-7-4-13(8-14(16)9-17)10-18-15-5-2-12(11-19)3-6-15/h4,7-8,12,15,18-19H,2-3,5-6,10-11H2,1H3. The molecule has 2 N–H and O–H groups in total. The molecular weight excluding hydrogens is 252 g/mol. The first-order chi connectivity index (χ1) is 9.76. The molecule has 0 heterocycles. The van der Waals surface area contributed by atoms with E-state index in [2.05, 4.69) is 11.4 Å². The maximum Gasteiger partial charge on any atom is 0.136 e. The third kappa shape index (κ3) is 3.72. The number of hydrogen-bond donors (Lipinski definition) is 2.